The van der Waals surface area contributed by atoms with Gasteiger partial charge in [0.05, 0.1) is 21.8 Å². The Balaban J connectivity index is 3.36. The van der Waals surface area contributed by atoms with Crippen molar-refractivity contribution in [3.05, 3.63) is 32.6 Å². The van der Waals surface area contributed by atoms with E-state index in [0.717, 1.165) is 6.07 Å². The van der Waals surface area contributed by atoms with E-state index in [1.807, 2.05) is 0 Å². The molecule has 1 aromatic carbocycles. The van der Waals surface area contributed by atoms with Gasteiger partial charge in [0.15, 0.2) is 0 Å². The van der Waals surface area contributed by atoms with Crippen LogP contribution in [0, 0.1) is 20.7 Å². The highest BCUT2D eigenvalue weighted by Crippen LogP contribution is 2.17. The Morgan fingerprint density at radius 3 is 2.79 bits per heavy atom. The van der Waals surface area contributed by atoms with Crippen LogP contribution in [0.1, 0.15) is 15.9 Å². The second-order valence-corrected chi connectivity index (χ2v) is 3.58. The lowest BCUT2D eigenvalue weighted by Crippen LogP contribution is -2.05. The highest BCUT2D eigenvalue weighted by atomic mass is 127. The number of halogens is 2. The fraction of sp³-hybridized carbons (Fsp3) is 0.111. The smallest absolute Gasteiger partial charge is 0.339 e. The van der Waals surface area contributed by atoms with E-state index < -0.39 is 11.8 Å². The Morgan fingerprint density at radius 1 is 1.64 bits per heavy atom. The number of carbonyl (C=O) groups excluding carboxylic acids is 1. The van der Waals surface area contributed by atoms with E-state index in [1.165, 1.54) is 13.2 Å². The summed E-state index contributed by atoms with van der Waals surface area (Å²) in [5.74, 6) is -1.25. The van der Waals surface area contributed by atoms with Gasteiger partial charge in [-0.1, -0.05) is 0 Å². The molecule has 14 heavy (non-hydrogen) atoms. The predicted molar refractivity (Wildman–Crippen MR) is 55.2 cm³/mol. The van der Waals surface area contributed by atoms with E-state index in [-0.39, 0.29) is 11.1 Å². The Bertz CT molecular complexity index is 426. The molecule has 72 valence electrons. The number of ether oxygens (including phenoxy) is 1. The maximum Gasteiger partial charge on any atom is 0.339 e. The molecule has 0 aliphatic heterocycles. The van der Waals surface area contributed by atoms with Crippen molar-refractivity contribution in [3.8, 4) is 6.07 Å². The van der Waals surface area contributed by atoms with Crippen LogP contribution in [0.3, 0.4) is 0 Å². The topological polar surface area (TPSA) is 50.1 Å². The number of rotatable bonds is 1. The number of hydrogen-bond acceptors (Lipinski definition) is 3. The summed E-state index contributed by atoms with van der Waals surface area (Å²) in [5, 5.41) is 8.69. The third-order valence-corrected chi connectivity index (χ3v) is 2.41. The van der Waals surface area contributed by atoms with Crippen LogP contribution in [0.2, 0.25) is 0 Å². The zero-order chi connectivity index (χ0) is 10.7. The molecule has 3 nitrogen and oxygen atoms in total. The molecule has 0 amide bonds. The highest BCUT2D eigenvalue weighted by Gasteiger charge is 2.14. The molecule has 0 aromatic heterocycles. The van der Waals surface area contributed by atoms with E-state index in [0.29, 0.717) is 3.57 Å². The zero-order valence-corrected chi connectivity index (χ0v) is 9.33. The largest absolute Gasteiger partial charge is 0.465 e. The van der Waals surface area contributed by atoms with Crippen molar-refractivity contribution in [1.29, 1.82) is 5.26 Å². The number of nitrogens with zero attached hydrogens (tertiary/aromatic N) is 1. The van der Waals surface area contributed by atoms with Gasteiger partial charge in [-0.3, -0.25) is 0 Å². The Morgan fingerprint density at radius 2 is 2.29 bits per heavy atom. The van der Waals surface area contributed by atoms with Crippen LogP contribution in [0.15, 0.2) is 12.1 Å². The molecule has 0 aliphatic rings. The third-order valence-electron chi connectivity index (χ3n) is 1.59. The van der Waals surface area contributed by atoms with Gasteiger partial charge in [-0.05, 0) is 34.7 Å². The Kier molecular flexibility index (Phi) is 3.41. The first kappa shape index (κ1) is 10.9. The van der Waals surface area contributed by atoms with Crippen LogP contribution in [0.4, 0.5) is 4.39 Å². The Hall–Kier alpha value is -1.16. The number of esters is 1. The summed E-state index contributed by atoms with van der Waals surface area (Å²) in [5.41, 5.74) is 0.0653. The average Bonchev–Trinajstić information content (AvgIpc) is 2.20. The van der Waals surface area contributed by atoms with E-state index in [2.05, 4.69) is 4.74 Å². The van der Waals surface area contributed by atoms with Crippen molar-refractivity contribution in [1.82, 2.24) is 0 Å². The normalized spacial score (nSPS) is 9.29. The minimum atomic E-state index is -0.711. The highest BCUT2D eigenvalue weighted by molar-refractivity contribution is 14.1. The number of carbonyl (C=O) groups is 1. The lowest BCUT2D eigenvalue weighted by atomic mass is 10.1. The predicted octanol–water partition coefficient (Wildman–Crippen LogP) is 2.09. The van der Waals surface area contributed by atoms with Gasteiger partial charge in [0.2, 0.25) is 0 Å². The molecule has 0 fully saturated rings. The molecule has 0 saturated carbocycles. The molecule has 1 aromatic rings. The molecule has 0 aliphatic carbocycles. The summed E-state index contributed by atoms with van der Waals surface area (Å²) in [4.78, 5) is 11.1. The van der Waals surface area contributed by atoms with E-state index in [1.54, 1.807) is 28.7 Å². The van der Waals surface area contributed by atoms with Gasteiger partial charge >= 0.3 is 5.97 Å². The quantitative estimate of drug-likeness (QED) is 0.590. The maximum atomic E-state index is 13.1. The van der Waals surface area contributed by atoms with Crippen LogP contribution < -0.4 is 0 Å². The number of methoxy groups -OCH3 is 1. The molecule has 0 unspecified atom stereocenters. The van der Waals surface area contributed by atoms with Crippen molar-refractivity contribution in [2.75, 3.05) is 7.11 Å². The minimum absolute atomic E-state index is 0.0482. The van der Waals surface area contributed by atoms with E-state index in [4.69, 9.17) is 5.26 Å². The molecule has 0 bridgehead atoms. The molecule has 1 rings (SSSR count). The molecular weight excluding hydrogens is 300 g/mol. The maximum absolute atomic E-state index is 13.1. The first-order chi connectivity index (χ1) is 6.60. The molecule has 0 saturated heterocycles. The van der Waals surface area contributed by atoms with Crippen molar-refractivity contribution in [2.24, 2.45) is 0 Å². The fourth-order valence-corrected chi connectivity index (χ4v) is 1.39. The second-order valence-electron chi connectivity index (χ2n) is 2.42. The lowest BCUT2D eigenvalue weighted by Gasteiger charge is -2.02. The van der Waals surface area contributed by atoms with Crippen LogP contribution in [-0.4, -0.2) is 13.1 Å². The van der Waals surface area contributed by atoms with E-state index >= 15 is 0 Å². The number of nitriles is 1. The van der Waals surface area contributed by atoms with Crippen molar-refractivity contribution < 1.29 is 13.9 Å². The Labute approximate surface area is 93.6 Å². The van der Waals surface area contributed by atoms with E-state index in [9.17, 15) is 9.18 Å². The van der Waals surface area contributed by atoms with Gasteiger partial charge in [-0.15, -0.1) is 0 Å². The summed E-state index contributed by atoms with van der Waals surface area (Å²) >= 11 is 1.75. The summed E-state index contributed by atoms with van der Waals surface area (Å²) in [6.07, 6.45) is 0. The van der Waals surface area contributed by atoms with Gasteiger partial charge in [-0.25, -0.2) is 9.18 Å². The molecule has 0 heterocycles. The van der Waals surface area contributed by atoms with Gasteiger partial charge in [-0.2, -0.15) is 5.26 Å². The molecule has 0 spiro atoms. The van der Waals surface area contributed by atoms with Gasteiger partial charge in [0.25, 0.3) is 0 Å². The second kappa shape index (κ2) is 4.37. The minimum Gasteiger partial charge on any atom is -0.465 e. The molecule has 0 N–H and O–H groups in total. The average molecular weight is 305 g/mol. The standard InChI is InChI=1S/C9H5FINO2/c1-14-9(13)6-3-7(10)8(11)2-5(6)4-12/h2-3H,1H3. The number of benzene rings is 1. The molecular formula is C9H5FINO2. The SMILES string of the molecule is COC(=O)c1cc(F)c(I)cc1C#N. The van der Waals surface area contributed by atoms with Crippen LogP contribution in [0.5, 0.6) is 0 Å². The first-order valence-electron chi connectivity index (χ1n) is 3.57. The fourth-order valence-electron chi connectivity index (χ4n) is 0.918. The molecule has 5 heteroatoms. The van der Waals surface area contributed by atoms with Crippen molar-refractivity contribution >= 4 is 28.6 Å². The van der Waals surface area contributed by atoms with Crippen LogP contribution in [-0.2, 0) is 4.74 Å². The van der Waals surface area contributed by atoms with Gasteiger partial charge in [0, 0.05) is 0 Å². The number of hydrogen-bond donors (Lipinski definition) is 0. The van der Waals surface area contributed by atoms with Crippen LogP contribution in [0.25, 0.3) is 0 Å². The lowest BCUT2D eigenvalue weighted by molar-refractivity contribution is 0.0600. The monoisotopic (exact) mass is 305 g/mol. The summed E-state index contributed by atoms with van der Waals surface area (Å²) in [6.45, 7) is 0. The third kappa shape index (κ3) is 2.01. The molecule has 0 radical (unpaired) electrons. The van der Waals surface area contributed by atoms with Crippen molar-refractivity contribution in [3.63, 3.8) is 0 Å². The molecule has 0 atom stereocenters. The van der Waals surface area contributed by atoms with Crippen molar-refractivity contribution in [2.45, 2.75) is 0 Å². The summed E-state index contributed by atoms with van der Waals surface area (Å²) < 4.78 is 17.8. The summed E-state index contributed by atoms with van der Waals surface area (Å²) in [6, 6.07) is 4.12. The first-order valence-corrected chi connectivity index (χ1v) is 4.65. The summed E-state index contributed by atoms with van der Waals surface area (Å²) in [7, 11) is 1.18. The van der Waals surface area contributed by atoms with Gasteiger partial charge < -0.3 is 4.74 Å². The van der Waals surface area contributed by atoms with Crippen LogP contribution >= 0.6 is 22.6 Å². The van der Waals surface area contributed by atoms with Gasteiger partial charge in [0.1, 0.15) is 11.9 Å². The zero-order valence-electron chi connectivity index (χ0n) is 7.17.